The second-order valence-corrected chi connectivity index (χ2v) is 8.03. The molecular formula is C18H23ClS. The molecule has 1 saturated carbocycles. The van der Waals surface area contributed by atoms with E-state index in [4.69, 9.17) is 11.6 Å². The first-order valence-corrected chi connectivity index (χ1v) is 9.06. The fraction of sp³-hybridized carbons (Fsp3) is 0.556. The van der Waals surface area contributed by atoms with Gasteiger partial charge in [-0.2, -0.15) is 0 Å². The van der Waals surface area contributed by atoms with Crippen molar-refractivity contribution in [3.05, 3.63) is 35.2 Å². The zero-order valence-corrected chi connectivity index (χ0v) is 13.9. The maximum Gasteiger partial charge on any atom is 0.0367 e. The number of benzene rings is 1. The van der Waals surface area contributed by atoms with E-state index in [0.717, 1.165) is 18.3 Å². The van der Waals surface area contributed by atoms with Gasteiger partial charge in [0.1, 0.15) is 0 Å². The zero-order valence-electron chi connectivity index (χ0n) is 12.3. The molecule has 20 heavy (non-hydrogen) atoms. The highest BCUT2D eigenvalue weighted by atomic mass is 35.5. The van der Waals surface area contributed by atoms with E-state index in [1.807, 2.05) is 11.3 Å². The van der Waals surface area contributed by atoms with Crippen molar-refractivity contribution in [2.75, 3.05) is 0 Å². The van der Waals surface area contributed by atoms with Crippen LogP contribution in [0.25, 0.3) is 10.1 Å². The van der Waals surface area contributed by atoms with Gasteiger partial charge in [-0.15, -0.1) is 22.9 Å². The second kappa shape index (κ2) is 6.07. The zero-order chi connectivity index (χ0) is 14.1. The molecule has 2 aromatic rings. The Kier molecular flexibility index (Phi) is 4.37. The lowest BCUT2D eigenvalue weighted by molar-refractivity contribution is 0.218. The van der Waals surface area contributed by atoms with Crippen molar-refractivity contribution in [2.45, 2.75) is 44.9 Å². The van der Waals surface area contributed by atoms with Crippen LogP contribution in [0.4, 0.5) is 0 Å². The van der Waals surface area contributed by atoms with E-state index in [2.05, 4.69) is 43.5 Å². The summed E-state index contributed by atoms with van der Waals surface area (Å²) in [5, 5.41) is 4.14. The highest BCUT2D eigenvalue weighted by molar-refractivity contribution is 7.17. The lowest BCUT2D eigenvalue weighted by atomic mass is 9.74. The summed E-state index contributed by atoms with van der Waals surface area (Å²) in [6.45, 7) is 4.71. The average Bonchev–Trinajstić information content (AvgIpc) is 2.84. The van der Waals surface area contributed by atoms with Gasteiger partial charge in [0.2, 0.25) is 0 Å². The standard InChI is InChI=1S/C18H23ClS/c1-12(2)13-7-8-17(19)14(9-13)10-15-11-20-18-6-4-3-5-16(15)18/h3-6,11-14,17H,7-10H2,1-2H3. The fourth-order valence-electron chi connectivity index (χ4n) is 3.55. The van der Waals surface area contributed by atoms with Crippen molar-refractivity contribution in [1.29, 1.82) is 0 Å². The van der Waals surface area contributed by atoms with Crippen LogP contribution >= 0.6 is 22.9 Å². The molecule has 0 saturated heterocycles. The minimum absolute atomic E-state index is 0.365. The molecule has 2 heteroatoms. The molecule has 3 rings (SSSR count). The van der Waals surface area contributed by atoms with Crippen LogP contribution in [0.15, 0.2) is 29.6 Å². The molecule has 1 aliphatic rings. The molecule has 1 aromatic carbocycles. The van der Waals surface area contributed by atoms with E-state index in [1.54, 1.807) is 0 Å². The molecule has 0 amide bonds. The Morgan fingerprint density at radius 1 is 1.25 bits per heavy atom. The van der Waals surface area contributed by atoms with Crippen molar-refractivity contribution < 1.29 is 0 Å². The number of thiophene rings is 1. The molecule has 3 atom stereocenters. The Hall–Kier alpha value is -0.530. The van der Waals surface area contributed by atoms with Gasteiger partial charge in [0, 0.05) is 10.1 Å². The molecule has 0 radical (unpaired) electrons. The van der Waals surface area contributed by atoms with Gasteiger partial charge < -0.3 is 0 Å². The summed E-state index contributed by atoms with van der Waals surface area (Å²) in [6, 6.07) is 8.75. The number of hydrogen-bond acceptors (Lipinski definition) is 1. The van der Waals surface area contributed by atoms with Gasteiger partial charge in [0.05, 0.1) is 0 Å². The lowest BCUT2D eigenvalue weighted by Crippen LogP contribution is -2.29. The molecule has 1 aliphatic carbocycles. The first-order valence-electron chi connectivity index (χ1n) is 7.74. The van der Waals surface area contributed by atoms with Gasteiger partial charge in [-0.05, 0) is 65.8 Å². The fourth-order valence-corrected chi connectivity index (χ4v) is 4.85. The Balaban J connectivity index is 1.79. The predicted octanol–water partition coefficient (Wildman–Crippen LogP) is 6.12. The third-order valence-electron chi connectivity index (χ3n) is 4.92. The van der Waals surface area contributed by atoms with E-state index >= 15 is 0 Å². The van der Waals surface area contributed by atoms with Gasteiger partial charge >= 0.3 is 0 Å². The maximum atomic E-state index is 6.62. The van der Waals surface area contributed by atoms with Crippen LogP contribution in [0.5, 0.6) is 0 Å². The lowest BCUT2D eigenvalue weighted by Gasteiger charge is -2.35. The summed E-state index contributed by atoms with van der Waals surface area (Å²) in [7, 11) is 0. The van der Waals surface area contributed by atoms with Gasteiger partial charge in [-0.25, -0.2) is 0 Å². The van der Waals surface area contributed by atoms with E-state index < -0.39 is 0 Å². The third-order valence-corrected chi connectivity index (χ3v) is 6.50. The predicted molar refractivity (Wildman–Crippen MR) is 90.8 cm³/mol. The highest BCUT2D eigenvalue weighted by Gasteiger charge is 2.31. The van der Waals surface area contributed by atoms with Gasteiger partial charge in [-0.3, -0.25) is 0 Å². The van der Waals surface area contributed by atoms with E-state index in [-0.39, 0.29) is 0 Å². The van der Waals surface area contributed by atoms with Crippen LogP contribution in [0.1, 0.15) is 38.7 Å². The molecule has 0 N–H and O–H groups in total. The van der Waals surface area contributed by atoms with Crippen molar-refractivity contribution in [3.63, 3.8) is 0 Å². The Morgan fingerprint density at radius 3 is 2.85 bits per heavy atom. The quantitative estimate of drug-likeness (QED) is 0.599. The highest BCUT2D eigenvalue weighted by Crippen LogP contribution is 2.39. The third kappa shape index (κ3) is 2.89. The molecule has 1 aromatic heterocycles. The van der Waals surface area contributed by atoms with E-state index in [1.165, 1.54) is 34.9 Å². The van der Waals surface area contributed by atoms with Crippen molar-refractivity contribution >= 4 is 33.0 Å². The minimum atomic E-state index is 0.365. The smallest absolute Gasteiger partial charge is 0.0367 e. The van der Waals surface area contributed by atoms with Crippen LogP contribution < -0.4 is 0 Å². The topological polar surface area (TPSA) is 0 Å². The molecule has 0 aliphatic heterocycles. The molecule has 1 fully saturated rings. The van der Waals surface area contributed by atoms with Gasteiger partial charge in [0.25, 0.3) is 0 Å². The molecular weight excluding hydrogens is 284 g/mol. The summed E-state index contributed by atoms with van der Waals surface area (Å²) in [5.74, 6) is 2.30. The Morgan fingerprint density at radius 2 is 2.05 bits per heavy atom. The molecule has 0 bridgehead atoms. The maximum absolute atomic E-state index is 6.62. The monoisotopic (exact) mass is 306 g/mol. The normalized spacial score (nSPS) is 27.3. The van der Waals surface area contributed by atoms with Crippen LogP contribution in [0, 0.1) is 17.8 Å². The Labute approximate surface area is 131 Å². The van der Waals surface area contributed by atoms with Gasteiger partial charge in [0.15, 0.2) is 0 Å². The number of hydrogen-bond donors (Lipinski definition) is 0. The van der Waals surface area contributed by atoms with Gasteiger partial charge in [-0.1, -0.05) is 32.0 Å². The number of rotatable bonds is 3. The van der Waals surface area contributed by atoms with Crippen molar-refractivity contribution in [1.82, 2.24) is 0 Å². The van der Waals surface area contributed by atoms with E-state index in [0.29, 0.717) is 11.3 Å². The summed E-state index contributed by atoms with van der Waals surface area (Å²) in [4.78, 5) is 0. The van der Waals surface area contributed by atoms with Crippen LogP contribution in [0.2, 0.25) is 0 Å². The SMILES string of the molecule is CC(C)C1CCC(Cl)C(Cc2csc3ccccc23)C1. The molecule has 0 nitrogen and oxygen atoms in total. The van der Waals surface area contributed by atoms with Crippen LogP contribution in [-0.2, 0) is 6.42 Å². The summed E-state index contributed by atoms with van der Waals surface area (Å²) >= 11 is 8.49. The molecule has 3 unspecified atom stereocenters. The summed E-state index contributed by atoms with van der Waals surface area (Å²) < 4.78 is 1.41. The molecule has 108 valence electrons. The first-order chi connectivity index (χ1) is 9.65. The second-order valence-electron chi connectivity index (χ2n) is 6.55. The number of alkyl halides is 1. The first kappa shape index (κ1) is 14.4. The Bertz CT molecular complexity index is 572. The summed E-state index contributed by atoms with van der Waals surface area (Å²) in [6.07, 6.45) is 4.96. The van der Waals surface area contributed by atoms with Crippen molar-refractivity contribution in [3.8, 4) is 0 Å². The average molecular weight is 307 g/mol. The molecule has 1 heterocycles. The largest absolute Gasteiger partial charge is 0.144 e. The van der Waals surface area contributed by atoms with Crippen molar-refractivity contribution in [2.24, 2.45) is 17.8 Å². The molecule has 0 spiro atoms. The summed E-state index contributed by atoms with van der Waals surface area (Å²) in [5.41, 5.74) is 1.51. The van der Waals surface area contributed by atoms with Crippen LogP contribution in [-0.4, -0.2) is 5.38 Å². The number of halogens is 1. The van der Waals surface area contributed by atoms with E-state index in [9.17, 15) is 0 Å². The minimum Gasteiger partial charge on any atom is -0.144 e. The van der Waals surface area contributed by atoms with Crippen LogP contribution in [0.3, 0.4) is 0 Å². The number of fused-ring (bicyclic) bond motifs is 1.